The zero-order valence-corrected chi connectivity index (χ0v) is 12.4. The van der Waals surface area contributed by atoms with E-state index in [9.17, 15) is 9.59 Å². The van der Waals surface area contributed by atoms with Crippen LogP contribution < -0.4 is 0 Å². The number of amides is 2. The van der Waals surface area contributed by atoms with Crippen molar-refractivity contribution in [3.63, 3.8) is 0 Å². The van der Waals surface area contributed by atoms with Crippen molar-refractivity contribution < 1.29 is 14.7 Å². The smallest absolute Gasteiger partial charge is 0.320 e. The molecule has 0 saturated carbocycles. The van der Waals surface area contributed by atoms with E-state index < -0.39 is 5.97 Å². The number of hydrogen-bond donors (Lipinski definition) is 1. The lowest BCUT2D eigenvalue weighted by Crippen LogP contribution is -2.47. The van der Waals surface area contributed by atoms with Crippen LogP contribution in [0.15, 0.2) is 0 Å². The highest BCUT2D eigenvalue weighted by molar-refractivity contribution is 5.76. The second-order valence-electron chi connectivity index (χ2n) is 5.96. The fourth-order valence-corrected chi connectivity index (χ4v) is 2.73. The quantitative estimate of drug-likeness (QED) is 0.834. The average molecular weight is 270 g/mol. The van der Waals surface area contributed by atoms with Gasteiger partial charge in [0.15, 0.2) is 0 Å². The maximum atomic E-state index is 12.4. The van der Waals surface area contributed by atoms with Gasteiger partial charge in [0.2, 0.25) is 0 Å². The highest BCUT2D eigenvalue weighted by Crippen LogP contribution is 2.22. The third-order valence-electron chi connectivity index (χ3n) is 3.81. The third-order valence-corrected chi connectivity index (χ3v) is 3.81. The molecule has 0 radical (unpaired) electrons. The van der Waals surface area contributed by atoms with E-state index in [1.807, 2.05) is 14.0 Å². The summed E-state index contributed by atoms with van der Waals surface area (Å²) in [6.07, 6.45) is 2.71. The van der Waals surface area contributed by atoms with E-state index in [-0.39, 0.29) is 24.5 Å². The van der Waals surface area contributed by atoms with Crippen molar-refractivity contribution in [3.05, 3.63) is 0 Å². The molecule has 0 spiro atoms. The summed E-state index contributed by atoms with van der Waals surface area (Å²) >= 11 is 0. The normalized spacial score (nSPS) is 20.7. The summed E-state index contributed by atoms with van der Waals surface area (Å²) < 4.78 is 0. The van der Waals surface area contributed by atoms with Crippen molar-refractivity contribution in [1.82, 2.24) is 9.80 Å². The second kappa shape index (κ2) is 6.78. The molecule has 1 fully saturated rings. The number of carboxylic acids is 1. The highest BCUT2D eigenvalue weighted by Gasteiger charge is 2.33. The van der Waals surface area contributed by atoms with Crippen LogP contribution in [0, 0.1) is 5.92 Å². The first-order valence-electron chi connectivity index (χ1n) is 7.08. The van der Waals surface area contributed by atoms with Gasteiger partial charge in [-0.2, -0.15) is 0 Å². The van der Waals surface area contributed by atoms with Crippen LogP contribution in [0.1, 0.15) is 46.5 Å². The second-order valence-corrected chi connectivity index (χ2v) is 5.96. The number of rotatable bonds is 5. The van der Waals surface area contributed by atoms with Gasteiger partial charge in [0.05, 0.1) is 6.42 Å². The van der Waals surface area contributed by atoms with Gasteiger partial charge >= 0.3 is 12.0 Å². The number of urea groups is 1. The molecule has 0 aromatic rings. The predicted molar refractivity (Wildman–Crippen MR) is 74.1 cm³/mol. The molecule has 2 unspecified atom stereocenters. The third kappa shape index (κ3) is 4.40. The number of likely N-dealkylation sites (tertiary alicyclic amines) is 1. The van der Waals surface area contributed by atoms with Crippen molar-refractivity contribution in [3.8, 4) is 0 Å². The van der Waals surface area contributed by atoms with E-state index in [0.717, 1.165) is 19.3 Å². The monoisotopic (exact) mass is 270 g/mol. The van der Waals surface area contributed by atoms with Gasteiger partial charge in [0.25, 0.3) is 0 Å². The summed E-state index contributed by atoms with van der Waals surface area (Å²) in [7, 11) is 1.81. The SMILES string of the molecule is CC(C)CC(C)N(C)C(=O)N1CCCC1CC(=O)O. The molecular weight excluding hydrogens is 244 g/mol. The van der Waals surface area contributed by atoms with Crippen LogP contribution in [0.3, 0.4) is 0 Å². The number of carboxylic acid groups (broad SMARTS) is 1. The van der Waals surface area contributed by atoms with Crippen molar-refractivity contribution in [2.45, 2.75) is 58.5 Å². The van der Waals surface area contributed by atoms with E-state index >= 15 is 0 Å². The average Bonchev–Trinajstić information content (AvgIpc) is 2.73. The Kier molecular flexibility index (Phi) is 5.63. The molecule has 0 aromatic carbocycles. The summed E-state index contributed by atoms with van der Waals surface area (Å²) in [5, 5.41) is 8.89. The number of hydrogen-bond acceptors (Lipinski definition) is 2. The Labute approximate surface area is 115 Å². The lowest BCUT2D eigenvalue weighted by atomic mass is 10.0. The zero-order chi connectivity index (χ0) is 14.6. The Balaban J connectivity index is 2.62. The van der Waals surface area contributed by atoms with E-state index in [4.69, 9.17) is 5.11 Å². The molecule has 2 atom stereocenters. The molecule has 1 heterocycles. The summed E-state index contributed by atoms with van der Waals surface area (Å²) in [4.78, 5) is 26.7. The van der Waals surface area contributed by atoms with Gasteiger partial charge in [-0.1, -0.05) is 13.8 Å². The highest BCUT2D eigenvalue weighted by atomic mass is 16.4. The molecule has 5 nitrogen and oxygen atoms in total. The topological polar surface area (TPSA) is 60.9 Å². The van der Waals surface area contributed by atoms with Crippen LogP contribution in [0.4, 0.5) is 4.79 Å². The van der Waals surface area contributed by atoms with Gasteiger partial charge in [-0.3, -0.25) is 4.79 Å². The van der Waals surface area contributed by atoms with Crippen LogP contribution in [0.5, 0.6) is 0 Å². The summed E-state index contributed by atoms with van der Waals surface area (Å²) in [5.41, 5.74) is 0. The molecule has 1 rings (SSSR count). The Morgan fingerprint density at radius 2 is 2.00 bits per heavy atom. The predicted octanol–water partition coefficient (Wildman–Crippen LogP) is 2.41. The number of aliphatic carboxylic acids is 1. The first-order valence-corrected chi connectivity index (χ1v) is 7.08. The lowest BCUT2D eigenvalue weighted by molar-refractivity contribution is -0.138. The molecule has 110 valence electrons. The molecule has 5 heteroatoms. The van der Waals surface area contributed by atoms with Crippen LogP contribution in [-0.4, -0.2) is 52.6 Å². The molecule has 1 saturated heterocycles. The molecule has 0 bridgehead atoms. The van der Waals surface area contributed by atoms with E-state index in [0.29, 0.717) is 12.5 Å². The van der Waals surface area contributed by atoms with Gasteiger partial charge < -0.3 is 14.9 Å². The Hall–Kier alpha value is -1.26. The fraction of sp³-hybridized carbons (Fsp3) is 0.857. The fourth-order valence-electron chi connectivity index (χ4n) is 2.73. The van der Waals surface area contributed by atoms with Crippen molar-refractivity contribution in [1.29, 1.82) is 0 Å². The van der Waals surface area contributed by atoms with Gasteiger partial charge in [-0.05, 0) is 32.1 Å². The standard InChI is InChI=1S/C14H26N2O3/c1-10(2)8-11(3)15(4)14(19)16-7-5-6-12(16)9-13(17)18/h10-12H,5-9H2,1-4H3,(H,17,18). The summed E-state index contributed by atoms with van der Waals surface area (Å²) in [5.74, 6) is -0.291. The Morgan fingerprint density at radius 3 is 2.53 bits per heavy atom. The Morgan fingerprint density at radius 1 is 1.37 bits per heavy atom. The molecule has 2 amide bonds. The zero-order valence-electron chi connectivity index (χ0n) is 12.4. The first-order chi connectivity index (χ1) is 8.82. The van der Waals surface area contributed by atoms with Crippen molar-refractivity contribution >= 4 is 12.0 Å². The van der Waals surface area contributed by atoms with E-state index in [1.54, 1.807) is 9.80 Å². The maximum Gasteiger partial charge on any atom is 0.320 e. The lowest BCUT2D eigenvalue weighted by Gasteiger charge is -2.33. The molecular formula is C14H26N2O3. The molecule has 0 aromatic heterocycles. The Bertz CT molecular complexity index is 331. The molecule has 0 aliphatic carbocycles. The van der Waals surface area contributed by atoms with Crippen LogP contribution in [0.2, 0.25) is 0 Å². The van der Waals surface area contributed by atoms with Gasteiger partial charge in [-0.25, -0.2) is 4.79 Å². The van der Waals surface area contributed by atoms with Crippen molar-refractivity contribution in [2.24, 2.45) is 5.92 Å². The van der Waals surface area contributed by atoms with Gasteiger partial charge in [0, 0.05) is 25.7 Å². The summed E-state index contributed by atoms with van der Waals surface area (Å²) in [6.45, 7) is 6.99. The number of carbonyl (C=O) groups is 2. The molecule has 1 N–H and O–H groups in total. The maximum absolute atomic E-state index is 12.4. The minimum absolute atomic E-state index is 0.0306. The molecule has 1 aliphatic heterocycles. The van der Waals surface area contributed by atoms with Crippen LogP contribution in [0.25, 0.3) is 0 Å². The largest absolute Gasteiger partial charge is 0.481 e. The van der Waals surface area contributed by atoms with Crippen LogP contribution >= 0.6 is 0 Å². The van der Waals surface area contributed by atoms with E-state index in [2.05, 4.69) is 13.8 Å². The number of nitrogens with zero attached hydrogens (tertiary/aromatic N) is 2. The summed E-state index contributed by atoms with van der Waals surface area (Å²) in [6, 6.07) is 0.00850. The minimum Gasteiger partial charge on any atom is -0.481 e. The van der Waals surface area contributed by atoms with Gasteiger partial charge in [-0.15, -0.1) is 0 Å². The molecule has 19 heavy (non-hydrogen) atoms. The first kappa shape index (κ1) is 15.8. The van der Waals surface area contributed by atoms with Crippen LogP contribution in [-0.2, 0) is 4.79 Å². The van der Waals surface area contributed by atoms with Gasteiger partial charge in [0.1, 0.15) is 0 Å². The minimum atomic E-state index is -0.831. The van der Waals surface area contributed by atoms with Crippen molar-refractivity contribution in [2.75, 3.05) is 13.6 Å². The number of carbonyl (C=O) groups excluding carboxylic acids is 1. The van der Waals surface area contributed by atoms with E-state index in [1.165, 1.54) is 0 Å². The molecule has 1 aliphatic rings.